The molecule has 2 atom stereocenters. The van der Waals surface area contributed by atoms with Gasteiger partial charge in [-0.1, -0.05) is 0 Å². The Morgan fingerprint density at radius 2 is 1.12 bits per heavy atom. The van der Waals surface area contributed by atoms with Gasteiger partial charge in [-0.15, -0.1) is 0 Å². The summed E-state index contributed by atoms with van der Waals surface area (Å²) >= 11 is 0. The molecule has 0 N–H and O–H groups in total. The Morgan fingerprint density at radius 1 is 0.654 bits per heavy atom. The maximum absolute atomic E-state index is 11.1. The third kappa shape index (κ3) is 6.21. The fourth-order valence-electron chi connectivity index (χ4n) is 4.82. The Bertz CT molecular complexity index is 424. The van der Waals surface area contributed by atoms with Crippen LogP contribution < -0.4 is 0 Å². The van der Waals surface area contributed by atoms with Crippen LogP contribution in [0.5, 0.6) is 0 Å². The fraction of sp³-hybridized carbons (Fsp3) is 0.952. The first-order chi connectivity index (χ1) is 12.6. The fourth-order valence-corrected chi connectivity index (χ4v) is 4.82. The van der Waals surface area contributed by atoms with E-state index in [1.165, 1.54) is 19.8 Å². The number of hydrogen-bond acceptors (Lipinski definition) is 5. The minimum absolute atomic E-state index is 0.0945. The molecule has 2 unspecified atom stereocenters. The summed E-state index contributed by atoms with van der Waals surface area (Å²) in [7, 11) is 1.81. The lowest BCUT2D eigenvalue weighted by molar-refractivity contribution is -0.151. The summed E-state index contributed by atoms with van der Waals surface area (Å²) in [5, 5.41) is 0. The molecule has 0 aromatic carbocycles. The number of hydrogen-bond donors (Lipinski definition) is 0. The van der Waals surface area contributed by atoms with Crippen molar-refractivity contribution in [2.45, 2.75) is 121 Å². The average molecular weight is 369 g/mol. The molecule has 0 heterocycles. The van der Waals surface area contributed by atoms with Gasteiger partial charge in [0, 0.05) is 14.0 Å². The van der Waals surface area contributed by atoms with Crippen molar-refractivity contribution in [3.8, 4) is 0 Å². The van der Waals surface area contributed by atoms with E-state index in [-0.39, 0.29) is 12.1 Å². The van der Waals surface area contributed by atoms with Crippen LogP contribution in [0.15, 0.2) is 0 Å². The van der Waals surface area contributed by atoms with Gasteiger partial charge in [0.15, 0.2) is 0 Å². The Balaban J connectivity index is 1.36. The van der Waals surface area contributed by atoms with E-state index in [1.54, 1.807) is 0 Å². The quantitative estimate of drug-likeness (QED) is 0.659. The zero-order valence-corrected chi connectivity index (χ0v) is 16.5. The normalized spacial score (nSPS) is 38.7. The number of carbonyl (C=O) groups excluding carboxylic acids is 1. The molecule has 5 nitrogen and oxygen atoms in total. The lowest BCUT2D eigenvalue weighted by atomic mass is 9.91. The van der Waals surface area contributed by atoms with E-state index in [0.717, 1.165) is 64.2 Å². The van der Waals surface area contributed by atoms with Crippen LogP contribution in [0.1, 0.15) is 84.0 Å². The highest BCUT2D eigenvalue weighted by Gasteiger charge is 2.31. The van der Waals surface area contributed by atoms with Crippen molar-refractivity contribution in [2.75, 3.05) is 7.11 Å². The first-order valence-electron chi connectivity index (χ1n) is 10.6. The second kappa shape index (κ2) is 10.0. The minimum atomic E-state index is -0.166. The summed E-state index contributed by atoms with van der Waals surface area (Å²) in [4.78, 5) is 11.1. The third-order valence-corrected chi connectivity index (χ3v) is 6.26. The molecule has 150 valence electrons. The molecule has 0 aromatic rings. The largest absolute Gasteiger partial charge is 0.463 e. The minimum Gasteiger partial charge on any atom is -0.463 e. The molecule has 3 aliphatic rings. The zero-order chi connectivity index (χ0) is 18.4. The Kier molecular flexibility index (Phi) is 7.77. The molecule has 0 bridgehead atoms. The first kappa shape index (κ1) is 20.1. The summed E-state index contributed by atoms with van der Waals surface area (Å²) in [5.74, 6) is -0.166. The van der Waals surface area contributed by atoms with E-state index < -0.39 is 0 Å². The van der Waals surface area contributed by atoms with Crippen LogP contribution in [0.3, 0.4) is 0 Å². The van der Waals surface area contributed by atoms with Crippen LogP contribution in [0.2, 0.25) is 0 Å². The molecular weight excluding hydrogens is 332 g/mol. The molecule has 3 fully saturated rings. The van der Waals surface area contributed by atoms with E-state index in [9.17, 15) is 4.79 Å². The van der Waals surface area contributed by atoms with Gasteiger partial charge in [-0.05, 0) is 77.0 Å². The predicted octanol–water partition coefficient (Wildman–Crippen LogP) is 4.16. The number of ether oxygens (including phenoxy) is 4. The number of methoxy groups -OCH3 is 1. The molecule has 0 amide bonds. The Labute approximate surface area is 158 Å². The van der Waals surface area contributed by atoms with Crippen molar-refractivity contribution in [3.63, 3.8) is 0 Å². The van der Waals surface area contributed by atoms with E-state index in [1.807, 2.05) is 7.11 Å². The maximum Gasteiger partial charge on any atom is 0.302 e. The highest BCUT2D eigenvalue weighted by molar-refractivity contribution is 5.66. The second-order valence-electron chi connectivity index (χ2n) is 8.33. The summed E-state index contributed by atoms with van der Waals surface area (Å²) in [5.41, 5.74) is 0. The van der Waals surface area contributed by atoms with Crippen LogP contribution >= 0.6 is 0 Å². The molecule has 0 saturated heterocycles. The average Bonchev–Trinajstić information content (AvgIpc) is 2.64. The van der Waals surface area contributed by atoms with Crippen LogP contribution in [0.4, 0.5) is 0 Å². The Morgan fingerprint density at radius 3 is 1.58 bits per heavy atom. The van der Waals surface area contributed by atoms with Gasteiger partial charge in [0.25, 0.3) is 0 Å². The van der Waals surface area contributed by atoms with Crippen LogP contribution in [-0.4, -0.2) is 49.7 Å². The van der Waals surface area contributed by atoms with Gasteiger partial charge in [0.2, 0.25) is 0 Å². The van der Waals surface area contributed by atoms with Crippen LogP contribution in [0.25, 0.3) is 0 Å². The molecule has 0 aromatic heterocycles. The highest BCUT2D eigenvalue weighted by atomic mass is 16.5. The lowest BCUT2D eigenvalue weighted by Gasteiger charge is -2.37. The summed E-state index contributed by atoms with van der Waals surface area (Å²) in [6, 6.07) is 0. The summed E-state index contributed by atoms with van der Waals surface area (Å²) < 4.78 is 23.6. The van der Waals surface area contributed by atoms with Crippen molar-refractivity contribution >= 4 is 5.97 Å². The number of carbonyl (C=O) groups is 1. The molecule has 3 rings (SSSR count). The SMILES string of the molecule is COC1CCC(OC2CCCC(OC3CCC(OC(C)=O)CC3)C2)CC1. The van der Waals surface area contributed by atoms with Gasteiger partial charge in [0.1, 0.15) is 6.10 Å². The van der Waals surface area contributed by atoms with Crippen LogP contribution in [0, 0.1) is 0 Å². The van der Waals surface area contributed by atoms with Gasteiger partial charge in [-0.2, -0.15) is 0 Å². The molecule has 0 spiro atoms. The van der Waals surface area contributed by atoms with Gasteiger partial charge in [-0.3, -0.25) is 4.79 Å². The van der Waals surface area contributed by atoms with Crippen molar-refractivity contribution in [1.82, 2.24) is 0 Å². The summed E-state index contributed by atoms with van der Waals surface area (Å²) in [6.45, 7) is 1.49. The van der Waals surface area contributed by atoms with Crippen molar-refractivity contribution in [1.29, 1.82) is 0 Å². The van der Waals surface area contributed by atoms with Crippen molar-refractivity contribution < 1.29 is 23.7 Å². The van der Waals surface area contributed by atoms with E-state index in [0.29, 0.717) is 30.5 Å². The van der Waals surface area contributed by atoms with Gasteiger partial charge >= 0.3 is 5.97 Å². The predicted molar refractivity (Wildman–Crippen MR) is 99.1 cm³/mol. The van der Waals surface area contributed by atoms with Crippen molar-refractivity contribution in [3.05, 3.63) is 0 Å². The molecule has 0 aliphatic heterocycles. The zero-order valence-electron chi connectivity index (χ0n) is 16.5. The Hall–Kier alpha value is -0.650. The molecule has 3 aliphatic carbocycles. The van der Waals surface area contributed by atoms with Crippen molar-refractivity contribution in [2.24, 2.45) is 0 Å². The van der Waals surface area contributed by atoms with E-state index in [4.69, 9.17) is 18.9 Å². The standard InChI is InChI=1S/C21H36O5/c1-15(22)24-17-10-12-19(13-11-17)26-21-5-3-4-20(14-21)25-18-8-6-16(23-2)7-9-18/h16-21H,3-14H2,1-2H3. The maximum atomic E-state index is 11.1. The first-order valence-corrected chi connectivity index (χ1v) is 10.6. The van der Waals surface area contributed by atoms with E-state index >= 15 is 0 Å². The molecule has 26 heavy (non-hydrogen) atoms. The molecule has 3 saturated carbocycles. The highest BCUT2D eigenvalue weighted by Crippen LogP contribution is 2.32. The van der Waals surface area contributed by atoms with Gasteiger partial charge in [0.05, 0.1) is 30.5 Å². The van der Waals surface area contributed by atoms with Gasteiger partial charge < -0.3 is 18.9 Å². The smallest absolute Gasteiger partial charge is 0.302 e. The molecule has 0 radical (unpaired) electrons. The second-order valence-corrected chi connectivity index (χ2v) is 8.33. The summed E-state index contributed by atoms with van der Waals surface area (Å²) in [6.07, 6.45) is 14.9. The van der Waals surface area contributed by atoms with Gasteiger partial charge in [-0.25, -0.2) is 0 Å². The number of esters is 1. The lowest BCUT2D eigenvalue weighted by Crippen LogP contribution is -2.36. The topological polar surface area (TPSA) is 54.0 Å². The third-order valence-electron chi connectivity index (χ3n) is 6.26. The monoisotopic (exact) mass is 368 g/mol. The molecule has 5 heteroatoms. The van der Waals surface area contributed by atoms with E-state index in [2.05, 4.69) is 0 Å². The molecular formula is C21H36O5. The van der Waals surface area contributed by atoms with Crippen LogP contribution in [-0.2, 0) is 23.7 Å². The number of rotatable bonds is 6.